The minimum atomic E-state index is -0.305. The first-order valence-electron chi connectivity index (χ1n) is 2.67. The van der Waals surface area contributed by atoms with E-state index in [2.05, 4.69) is 9.97 Å². The maximum Gasteiger partial charge on any atom is 0.344 e. The van der Waals surface area contributed by atoms with Gasteiger partial charge in [0.2, 0.25) is 0 Å². The second-order valence-corrected chi connectivity index (χ2v) is 1.64. The van der Waals surface area contributed by atoms with Gasteiger partial charge in [-0.15, -0.1) is 0 Å². The molecule has 0 amide bonds. The number of hydrogen-bond acceptors (Lipinski definition) is 2. The summed E-state index contributed by atoms with van der Waals surface area (Å²) >= 11 is 0. The fourth-order valence-corrected chi connectivity index (χ4v) is 0.511. The van der Waals surface area contributed by atoms with E-state index in [1.165, 1.54) is 6.20 Å². The van der Waals surface area contributed by atoms with E-state index in [0.29, 0.717) is 0 Å². The third kappa shape index (κ3) is 1.42. The summed E-state index contributed by atoms with van der Waals surface area (Å²) in [5.74, 6) is 0. The molecule has 1 N–H and O–H groups in total. The van der Waals surface area contributed by atoms with E-state index in [4.69, 9.17) is 0 Å². The average molecular weight is 121 g/mol. The Balaban J connectivity index is 3.02. The largest absolute Gasteiger partial charge is 0.344 e. The fourth-order valence-electron chi connectivity index (χ4n) is 0.511. The third-order valence-electron chi connectivity index (χ3n) is 1.03. The molecule has 3 nitrogen and oxygen atoms in total. The van der Waals surface area contributed by atoms with Crippen LogP contribution in [0.25, 0.3) is 0 Å². The van der Waals surface area contributed by atoms with Crippen LogP contribution in [-0.4, -0.2) is 17.2 Å². The van der Waals surface area contributed by atoms with Gasteiger partial charge in [0.1, 0.15) is 0 Å². The second kappa shape index (κ2) is 2.48. The highest BCUT2D eigenvalue weighted by atomic mass is 16.1. The molecule has 9 heavy (non-hydrogen) atoms. The summed E-state index contributed by atoms with van der Waals surface area (Å²) in [7, 11) is 1.86. The van der Waals surface area contributed by atoms with E-state index in [1.54, 1.807) is 6.20 Å². The first-order valence-corrected chi connectivity index (χ1v) is 2.67. The van der Waals surface area contributed by atoms with Crippen molar-refractivity contribution in [1.82, 2.24) is 9.97 Å². The van der Waals surface area contributed by atoms with Gasteiger partial charge in [0, 0.05) is 12.4 Å². The van der Waals surface area contributed by atoms with Crippen LogP contribution in [0, 0.1) is 0 Å². The molecule has 0 aliphatic carbocycles. The molecule has 0 aliphatic heterocycles. The zero-order valence-corrected chi connectivity index (χ0v) is 5.09. The molecule has 1 rings (SSSR count). The highest BCUT2D eigenvalue weighted by Gasteiger charge is 1.87. The number of aromatic nitrogens is 2. The van der Waals surface area contributed by atoms with Crippen molar-refractivity contribution < 1.29 is 0 Å². The smallest absolute Gasteiger partial charge is 0.313 e. The monoisotopic (exact) mass is 121 g/mol. The molecule has 45 valence electrons. The highest BCUT2D eigenvalue weighted by molar-refractivity contribution is 6.51. The standard InChI is InChI=1S/C5H6BN2O/c1-6-4-2-7-5(9)8-3-4/h2-3H,1H3,(H,7,8,9). The Morgan fingerprint density at radius 3 is 3.00 bits per heavy atom. The van der Waals surface area contributed by atoms with Gasteiger partial charge < -0.3 is 4.98 Å². The first-order chi connectivity index (χ1) is 4.33. The van der Waals surface area contributed by atoms with Crippen molar-refractivity contribution in [2.75, 3.05) is 0 Å². The average Bonchev–Trinajstić information content (AvgIpc) is 1.90. The van der Waals surface area contributed by atoms with Gasteiger partial charge >= 0.3 is 5.69 Å². The molecule has 1 heterocycles. The van der Waals surface area contributed by atoms with Gasteiger partial charge in [-0.25, -0.2) is 9.78 Å². The summed E-state index contributed by atoms with van der Waals surface area (Å²) in [6, 6.07) is 0. The van der Waals surface area contributed by atoms with Gasteiger partial charge in [-0.1, -0.05) is 12.3 Å². The Bertz CT molecular complexity index is 224. The number of rotatable bonds is 1. The van der Waals surface area contributed by atoms with Crippen molar-refractivity contribution in [2.24, 2.45) is 0 Å². The van der Waals surface area contributed by atoms with Crippen molar-refractivity contribution >= 4 is 12.7 Å². The van der Waals surface area contributed by atoms with Crippen LogP contribution in [0.1, 0.15) is 0 Å². The molecule has 0 spiro atoms. The zero-order valence-electron chi connectivity index (χ0n) is 5.09. The number of H-pyrrole nitrogens is 1. The summed E-state index contributed by atoms with van der Waals surface area (Å²) in [6.07, 6.45) is 3.15. The Morgan fingerprint density at radius 2 is 2.56 bits per heavy atom. The molecule has 0 aliphatic rings. The molecule has 0 fully saturated rings. The Kier molecular flexibility index (Phi) is 1.67. The molecule has 1 aromatic rings. The van der Waals surface area contributed by atoms with E-state index in [1.807, 2.05) is 14.1 Å². The quantitative estimate of drug-likeness (QED) is 0.491. The van der Waals surface area contributed by atoms with E-state index in [0.717, 1.165) is 5.46 Å². The normalized spacial score (nSPS) is 9.00. The Labute approximate surface area is 53.4 Å². The topological polar surface area (TPSA) is 45.8 Å². The predicted octanol–water partition coefficient (Wildman–Crippen LogP) is -0.853. The van der Waals surface area contributed by atoms with Crippen LogP contribution in [0.15, 0.2) is 17.2 Å². The molecule has 0 atom stereocenters. The van der Waals surface area contributed by atoms with Crippen LogP contribution in [0.5, 0.6) is 0 Å². The van der Waals surface area contributed by atoms with Crippen LogP contribution in [0.2, 0.25) is 6.82 Å². The number of nitrogens with one attached hydrogen (secondary N) is 1. The van der Waals surface area contributed by atoms with Crippen LogP contribution in [0.4, 0.5) is 0 Å². The molecular weight excluding hydrogens is 115 g/mol. The maximum atomic E-state index is 10.4. The van der Waals surface area contributed by atoms with Gasteiger partial charge in [-0.05, 0) is 0 Å². The molecule has 1 radical (unpaired) electrons. The number of hydrogen-bond donors (Lipinski definition) is 1. The van der Waals surface area contributed by atoms with Gasteiger partial charge in [0.15, 0.2) is 7.28 Å². The van der Waals surface area contributed by atoms with E-state index in [-0.39, 0.29) is 5.69 Å². The lowest BCUT2D eigenvalue weighted by molar-refractivity contribution is 1.09. The molecule has 4 heteroatoms. The molecule has 0 unspecified atom stereocenters. The molecule has 0 bridgehead atoms. The fraction of sp³-hybridized carbons (Fsp3) is 0.200. The van der Waals surface area contributed by atoms with E-state index >= 15 is 0 Å². The zero-order chi connectivity index (χ0) is 6.69. The van der Waals surface area contributed by atoms with Gasteiger partial charge in [-0.2, -0.15) is 0 Å². The van der Waals surface area contributed by atoms with Crippen molar-refractivity contribution in [2.45, 2.75) is 6.82 Å². The summed E-state index contributed by atoms with van der Waals surface area (Å²) in [4.78, 5) is 16.3. The van der Waals surface area contributed by atoms with E-state index in [9.17, 15) is 4.79 Å². The summed E-state index contributed by atoms with van der Waals surface area (Å²) in [5.41, 5.74) is 0.621. The molecule has 0 saturated carbocycles. The Morgan fingerprint density at radius 1 is 1.78 bits per heavy atom. The van der Waals surface area contributed by atoms with Crippen molar-refractivity contribution in [3.05, 3.63) is 22.9 Å². The molecule has 0 saturated heterocycles. The maximum absolute atomic E-state index is 10.4. The first kappa shape index (κ1) is 6.07. The van der Waals surface area contributed by atoms with Crippen LogP contribution >= 0.6 is 0 Å². The lowest BCUT2D eigenvalue weighted by Gasteiger charge is -1.88. The van der Waals surface area contributed by atoms with Gasteiger partial charge in [0.05, 0.1) is 0 Å². The summed E-state index contributed by atoms with van der Waals surface area (Å²) in [5, 5.41) is 0. The lowest BCUT2D eigenvalue weighted by Crippen LogP contribution is -2.19. The molecular formula is C5H6BN2O. The summed E-state index contributed by atoms with van der Waals surface area (Å²) < 4.78 is 0. The highest BCUT2D eigenvalue weighted by Crippen LogP contribution is 1.63. The van der Waals surface area contributed by atoms with Crippen molar-refractivity contribution in [3.63, 3.8) is 0 Å². The minimum absolute atomic E-state index is 0.305. The Hall–Kier alpha value is -1.06. The van der Waals surface area contributed by atoms with Crippen molar-refractivity contribution in [3.8, 4) is 0 Å². The van der Waals surface area contributed by atoms with Crippen LogP contribution in [-0.2, 0) is 0 Å². The lowest BCUT2D eigenvalue weighted by atomic mass is 9.75. The number of nitrogens with zero attached hydrogens (tertiary/aromatic N) is 1. The van der Waals surface area contributed by atoms with Crippen molar-refractivity contribution in [1.29, 1.82) is 0 Å². The van der Waals surface area contributed by atoms with Crippen LogP contribution < -0.4 is 11.2 Å². The van der Waals surface area contributed by atoms with Gasteiger partial charge in [0.25, 0.3) is 0 Å². The number of aromatic amines is 1. The third-order valence-corrected chi connectivity index (χ3v) is 1.03. The SMILES string of the molecule is C[B]c1cnc(=O)[nH]c1. The molecule has 1 aromatic heterocycles. The predicted molar refractivity (Wildman–Crippen MR) is 36.1 cm³/mol. The summed E-state index contributed by atoms with van der Waals surface area (Å²) in [6.45, 7) is 1.88. The van der Waals surface area contributed by atoms with Crippen LogP contribution in [0.3, 0.4) is 0 Å². The molecule has 0 aromatic carbocycles. The minimum Gasteiger partial charge on any atom is -0.313 e. The van der Waals surface area contributed by atoms with Gasteiger partial charge in [-0.3, -0.25) is 0 Å². The van der Waals surface area contributed by atoms with E-state index < -0.39 is 0 Å². The second-order valence-electron chi connectivity index (χ2n) is 1.64.